The molecular formula is C30H36N4O5S. The van der Waals surface area contributed by atoms with E-state index in [1.807, 2.05) is 49.4 Å². The number of sulfonamides is 1. The topological polar surface area (TPSA) is 131 Å². The average Bonchev–Trinajstić information content (AvgIpc) is 2.95. The van der Waals surface area contributed by atoms with E-state index >= 15 is 0 Å². The number of rotatable bonds is 9. The van der Waals surface area contributed by atoms with Crippen molar-refractivity contribution < 1.29 is 22.7 Å². The second-order valence-electron chi connectivity index (χ2n) is 10.1. The summed E-state index contributed by atoms with van der Waals surface area (Å²) in [6.45, 7) is 4.56. The van der Waals surface area contributed by atoms with Gasteiger partial charge in [0.25, 0.3) is 0 Å². The molecule has 4 rings (SSSR count). The molecule has 3 aromatic rings. The minimum atomic E-state index is -3.69. The van der Waals surface area contributed by atoms with E-state index in [9.17, 15) is 18.0 Å². The fourth-order valence-corrected chi connectivity index (χ4v) is 6.64. The van der Waals surface area contributed by atoms with E-state index in [1.54, 1.807) is 37.3 Å². The fourth-order valence-electron chi connectivity index (χ4n) is 4.96. The van der Waals surface area contributed by atoms with Gasteiger partial charge in [0.2, 0.25) is 15.9 Å². The lowest BCUT2D eigenvalue weighted by atomic mass is 9.89. The van der Waals surface area contributed by atoms with Crippen LogP contribution in [0.1, 0.15) is 35.1 Å². The number of nitrogens with zero attached hydrogens (tertiary/aromatic N) is 1. The van der Waals surface area contributed by atoms with Gasteiger partial charge in [0.05, 0.1) is 4.90 Å². The number of aryl methyl sites for hydroxylation is 2. The number of amides is 2. The minimum absolute atomic E-state index is 0.0617. The predicted octanol–water partition coefficient (Wildman–Crippen LogP) is 4.10. The third kappa shape index (κ3) is 7.26. The molecule has 0 spiro atoms. The quantitative estimate of drug-likeness (QED) is 0.359. The van der Waals surface area contributed by atoms with Crippen LogP contribution < -0.4 is 16.4 Å². The third-order valence-electron chi connectivity index (χ3n) is 7.12. The Kier molecular flexibility index (Phi) is 9.57. The van der Waals surface area contributed by atoms with E-state index in [0.29, 0.717) is 30.6 Å². The number of nitrogens with two attached hydrogens (primary N) is 1. The Morgan fingerprint density at radius 1 is 0.975 bits per heavy atom. The number of benzene rings is 3. The number of piperidine rings is 1. The van der Waals surface area contributed by atoms with E-state index in [0.717, 1.165) is 16.7 Å². The van der Waals surface area contributed by atoms with E-state index in [2.05, 4.69) is 10.6 Å². The molecule has 0 saturated carbocycles. The highest BCUT2D eigenvalue weighted by Crippen LogP contribution is 2.28. The Balaban J connectivity index is 1.47. The van der Waals surface area contributed by atoms with Crippen molar-refractivity contribution in [1.82, 2.24) is 9.62 Å². The van der Waals surface area contributed by atoms with Crippen LogP contribution in [0.3, 0.4) is 0 Å². The van der Waals surface area contributed by atoms with Crippen LogP contribution in [0.5, 0.6) is 0 Å². The highest BCUT2D eigenvalue weighted by molar-refractivity contribution is 7.89. The highest BCUT2D eigenvalue weighted by atomic mass is 32.2. The van der Waals surface area contributed by atoms with E-state index in [1.165, 1.54) is 4.31 Å². The number of hydrogen-bond donors (Lipinski definition) is 3. The molecule has 40 heavy (non-hydrogen) atoms. The Morgan fingerprint density at radius 3 is 2.35 bits per heavy atom. The minimum Gasteiger partial charge on any atom is -0.445 e. The molecule has 2 amide bonds. The van der Waals surface area contributed by atoms with E-state index in [-0.39, 0.29) is 30.5 Å². The van der Waals surface area contributed by atoms with Gasteiger partial charge in [0, 0.05) is 25.3 Å². The summed E-state index contributed by atoms with van der Waals surface area (Å²) in [6, 6.07) is 20.8. The molecule has 0 radical (unpaired) electrons. The van der Waals surface area contributed by atoms with Crippen LogP contribution in [0.15, 0.2) is 77.7 Å². The Morgan fingerprint density at radius 2 is 1.68 bits per heavy atom. The van der Waals surface area contributed by atoms with Gasteiger partial charge in [0.1, 0.15) is 12.6 Å². The molecule has 1 aliphatic heterocycles. The Hall–Kier alpha value is -3.73. The summed E-state index contributed by atoms with van der Waals surface area (Å²) in [5.41, 5.74) is 9.67. The second kappa shape index (κ2) is 13.1. The number of nitrogens with one attached hydrogen (secondary N) is 2. The standard InChI is InChI=1S/C30H36N4O5S/c1-21-11-12-27(22(2)17-21)40(37,38)34-15-13-25(14-16-34)28(29(35)32-26-10-6-9-24(18-26)19-31)33-30(36)39-20-23-7-4-3-5-8-23/h3-12,17-18,25,28H,13-16,19-20,31H2,1-2H3,(H,32,35)(H,33,36)/t28-/m1/s1. The maximum atomic E-state index is 13.5. The number of ether oxygens (including phenoxy) is 1. The van der Waals surface area contributed by atoms with E-state index in [4.69, 9.17) is 10.5 Å². The molecule has 3 aromatic carbocycles. The van der Waals surface area contributed by atoms with Gasteiger partial charge in [-0.15, -0.1) is 0 Å². The number of carbonyl (C=O) groups is 2. The van der Waals surface area contributed by atoms with Gasteiger partial charge in [-0.05, 0) is 67.5 Å². The number of carbonyl (C=O) groups excluding carboxylic acids is 2. The molecule has 1 saturated heterocycles. The monoisotopic (exact) mass is 564 g/mol. The van der Waals surface area contributed by atoms with Crippen molar-refractivity contribution in [3.05, 3.63) is 95.1 Å². The molecule has 1 heterocycles. The largest absolute Gasteiger partial charge is 0.445 e. The molecular weight excluding hydrogens is 528 g/mol. The normalized spacial score (nSPS) is 15.3. The zero-order chi connectivity index (χ0) is 28.7. The summed E-state index contributed by atoms with van der Waals surface area (Å²) in [4.78, 5) is 26.5. The molecule has 0 unspecified atom stereocenters. The summed E-state index contributed by atoms with van der Waals surface area (Å²) in [7, 11) is -3.69. The smallest absolute Gasteiger partial charge is 0.408 e. The van der Waals surface area contributed by atoms with Crippen LogP contribution in [0, 0.1) is 19.8 Å². The molecule has 1 atom stereocenters. The molecule has 1 fully saturated rings. The van der Waals surface area contributed by atoms with Gasteiger partial charge >= 0.3 is 6.09 Å². The Labute approximate surface area is 235 Å². The summed E-state index contributed by atoms with van der Waals surface area (Å²) in [5, 5.41) is 5.62. The fraction of sp³-hybridized carbons (Fsp3) is 0.333. The lowest BCUT2D eigenvalue weighted by molar-refractivity contribution is -0.119. The van der Waals surface area contributed by atoms with Crippen LogP contribution >= 0.6 is 0 Å². The summed E-state index contributed by atoms with van der Waals surface area (Å²) < 4.78 is 33.6. The molecule has 0 aliphatic carbocycles. The highest BCUT2D eigenvalue weighted by Gasteiger charge is 2.37. The first-order valence-electron chi connectivity index (χ1n) is 13.3. The molecule has 9 nitrogen and oxygen atoms in total. The summed E-state index contributed by atoms with van der Waals surface area (Å²) >= 11 is 0. The number of hydrogen-bond acceptors (Lipinski definition) is 6. The maximum Gasteiger partial charge on any atom is 0.408 e. The summed E-state index contributed by atoms with van der Waals surface area (Å²) in [5.74, 6) is -0.700. The second-order valence-corrected chi connectivity index (χ2v) is 12.0. The predicted molar refractivity (Wildman–Crippen MR) is 154 cm³/mol. The first-order chi connectivity index (χ1) is 19.2. The van der Waals surface area contributed by atoms with Crippen LogP contribution in [0.25, 0.3) is 0 Å². The van der Waals surface area contributed by atoms with Gasteiger partial charge < -0.3 is 21.1 Å². The molecule has 1 aliphatic rings. The Bertz CT molecular complexity index is 1440. The van der Waals surface area contributed by atoms with Gasteiger partial charge in [-0.2, -0.15) is 4.31 Å². The maximum absolute atomic E-state index is 13.5. The van der Waals surface area contributed by atoms with Gasteiger partial charge in [0.15, 0.2) is 0 Å². The van der Waals surface area contributed by atoms with Crippen molar-refractivity contribution in [1.29, 1.82) is 0 Å². The lowest BCUT2D eigenvalue weighted by Gasteiger charge is -2.35. The molecule has 0 aromatic heterocycles. The first-order valence-corrected chi connectivity index (χ1v) is 14.8. The van der Waals surface area contributed by atoms with Crippen LogP contribution in [0.2, 0.25) is 0 Å². The van der Waals surface area contributed by atoms with Gasteiger partial charge in [-0.25, -0.2) is 13.2 Å². The number of anilines is 1. The average molecular weight is 565 g/mol. The van der Waals surface area contributed by atoms with Gasteiger partial charge in [-0.3, -0.25) is 4.79 Å². The molecule has 10 heteroatoms. The lowest BCUT2D eigenvalue weighted by Crippen LogP contribution is -2.52. The van der Waals surface area contributed by atoms with Gasteiger partial charge in [-0.1, -0.05) is 60.2 Å². The van der Waals surface area contributed by atoms with Crippen LogP contribution in [0.4, 0.5) is 10.5 Å². The molecule has 0 bridgehead atoms. The van der Waals surface area contributed by atoms with Crippen molar-refractivity contribution in [2.75, 3.05) is 18.4 Å². The molecule has 4 N–H and O–H groups in total. The van der Waals surface area contributed by atoms with Crippen molar-refractivity contribution >= 4 is 27.7 Å². The van der Waals surface area contributed by atoms with E-state index < -0.39 is 28.1 Å². The number of alkyl carbamates (subject to hydrolysis) is 1. The third-order valence-corrected chi connectivity index (χ3v) is 9.18. The zero-order valence-corrected chi connectivity index (χ0v) is 23.6. The SMILES string of the molecule is Cc1ccc(S(=O)(=O)N2CCC([C@@H](NC(=O)OCc3ccccc3)C(=O)Nc3cccc(CN)c3)CC2)c(C)c1. The van der Waals surface area contributed by atoms with Crippen molar-refractivity contribution in [3.63, 3.8) is 0 Å². The van der Waals surface area contributed by atoms with Crippen LogP contribution in [-0.2, 0) is 32.7 Å². The zero-order valence-electron chi connectivity index (χ0n) is 22.8. The summed E-state index contributed by atoms with van der Waals surface area (Å²) in [6.07, 6.45) is 0.0682. The first kappa shape index (κ1) is 29.3. The van der Waals surface area contributed by atoms with Crippen molar-refractivity contribution in [2.24, 2.45) is 11.7 Å². The van der Waals surface area contributed by atoms with Crippen molar-refractivity contribution in [3.8, 4) is 0 Å². The van der Waals surface area contributed by atoms with Crippen molar-refractivity contribution in [2.45, 2.75) is 50.8 Å². The van der Waals surface area contributed by atoms with Crippen LogP contribution in [-0.4, -0.2) is 43.9 Å². The molecule has 212 valence electrons.